The Morgan fingerprint density at radius 1 is 1.29 bits per heavy atom. The maximum absolute atomic E-state index is 12.7. The monoisotopic (exact) mass is 294 g/mol. The van der Waals surface area contributed by atoms with E-state index in [0.29, 0.717) is 18.2 Å². The molecule has 0 spiro atoms. The largest absolute Gasteiger partial charge is 0.350 e. The van der Waals surface area contributed by atoms with Crippen molar-refractivity contribution in [2.45, 2.75) is 70.2 Å². The number of carbonyl (C=O) groups excluding carboxylic acids is 1. The molecule has 3 rings (SSSR count). The number of piperidine rings is 1. The summed E-state index contributed by atoms with van der Waals surface area (Å²) in [4.78, 5) is 15.2. The van der Waals surface area contributed by atoms with Gasteiger partial charge in [0.15, 0.2) is 0 Å². The molecule has 0 aliphatic carbocycles. The number of nitrogens with one attached hydrogen (secondary N) is 3. The Kier molecular flexibility index (Phi) is 4.82. The van der Waals surface area contributed by atoms with Gasteiger partial charge in [0.1, 0.15) is 0 Å². The van der Waals surface area contributed by atoms with Gasteiger partial charge in [0, 0.05) is 25.2 Å². The van der Waals surface area contributed by atoms with Crippen LogP contribution in [0, 0.1) is 5.92 Å². The van der Waals surface area contributed by atoms with Gasteiger partial charge in [0.05, 0.1) is 18.1 Å². The fourth-order valence-electron chi connectivity index (χ4n) is 4.32. The lowest BCUT2D eigenvalue weighted by molar-refractivity contribution is -0.126. The first-order chi connectivity index (χ1) is 10.2. The van der Waals surface area contributed by atoms with Crippen LogP contribution in [0.3, 0.4) is 0 Å². The van der Waals surface area contributed by atoms with Crippen molar-refractivity contribution in [1.82, 2.24) is 20.9 Å². The summed E-state index contributed by atoms with van der Waals surface area (Å²) >= 11 is 0. The topological polar surface area (TPSA) is 56.4 Å². The molecule has 3 fully saturated rings. The van der Waals surface area contributed by atoms with Crippen LogP contribution in [0.1, 0.15) is 46.0 Å². The second-order valence-corrected chi connectivity index (χ2v) is 6.82. The predicted octanol–water partition coefficient (Wildman–Crippen LogP) is 0.663. The first-order valence-corrected chi connectivity index (χ1v) is 8.76. The van der Waals surface area contributed by atoms with Crippen LogP contribution in [0.2, 0.25) is 0 Å². The molecule has 21 heavy (non-hydrogen) atoms. The molecule has 0 radical (unpaired) electrons. The van der Waals surface area contributed by atoms with Gasteiger partial charge in [0.2, 0.25) is 5.91 Å². The highest BCUT2D eigenvalue weighted by molar-refractivity contribution is 5.80. The average Bonchev–Trinajstić information content (AvgIpc) is 3.13. The molecule has 3 N–H and O–H groups in total. The van der Waals surface area contributed by atoms with Crippen LogP contribution < -0.4 is 16.0 Å². The molecule has 5 nitrogen and oxygen atoms in total. The Morgan fingerprint density at radius 3 is 2.90 bits per heavy atom. The van der Waals surface area contributed by atoms with Crippen LogP contribution in [0.25, 0.3) is 0 Å². The van der Waals surface area contributed by atoms with E-state index < -0.39 is 0 Å². The minimum atomic E-state index is 0.150. The molecule has 3 aliphatic heterocycles. The zero-order valence-electron chi connectivity index (χ0n) is 13.4. The predicted molar refractivity (Wildman–Crippen MR) is 83.9 cm³/mol. The van der Waals surface area contributed by atoms with Gasteiger partial charge in [-0.1, -0.05) is 13.8 Å². The lowest BCUT2D eigenvalue weighted by atomic mass is 9.94. The van der Waals surface area contributed by atoms with Gasteiger partial charge in [-0.3, -0.25) is 15.0 Å². The third-order valence-corrected chi connectivity index (χ3v) is 5.56. The summed E-state index contributed by atoms with van der Waals surface area (Å²) in [7, 11) is 0. The second-order valence-electron chi connectivity index (χ2n) is 6.82. The molecule has 3 heterocycles. The van der Waals surface area contributed by atoms with E-state index in [2.05, 4.69) is 34.7 Å². The third-order valence-electron chi connectivity index (χ3n) is 5.56. The normalized spacial score (nSPS) is 40.2. The molecule has 0 aromatic carbocycles. The number of fused-ring (bicyclic) bond motifs is 1. The quantitative estimate of drug-likeness (QED) is 0.713. The Bertz CT molecular complexity index is 375. The van der Waals surface area contributed by atoms with Crippen molar-refractivity contribution in [3.05, 3.63) is 0 Å². The number of amides is 1. The molecule has 0 aromatic heterocycles. The Hall–Kier alpha value is -0.650. The first kappa shape index (κ1) is 15.3. The van der Waals surface area contributed by atoms with Gasteiger partial charge in [-0.25, -0.2) is 0 Å². The highest BCUT2D eigenvalue weighted by atomic mass is 16.2. The van der Waals surface area contributed by atoms with Crippen LogP contribution in [-0.2, 0) is 4.79 Å². The molecule has 0 bridgehead atoms. The molecular formula is C16H30N4O. The molecule has 5 unspecified atom stereocenters. The van der Waals surface area contributed by atoms with Crippen LogP contribution in [0.15, 0.2) is 0 Å². The van der Waals surface area contributed by atoms with Gasteiger partial charge < -0.3 is 10.6 Å². The van der Waals surface area contributed by atoms with E-state index >= 15 is 0 Å². The van der Waals surface area contributed by atoms with Crippen molar-refractivity contribution >= 4 is 5.91 Å². The minimum Gasteiger partial charge on any atom is -0.350 e. The van der Waals surface area contributed by atoms with Crippen LogP contribution in [-0.4, -0.2) is 54.7 Å². The van der Waals surface area contributed by atoms with Gasteiger partial charge in [-0.15, -0.1) is 0 Å². The Morgan fingerprint density at radius 2 is 2.14 bits per heavy atom. The van der Waals surface area contributed by atoms with Gasteiger partial charge in [0.25, 0.3) is 0 Å². The summed E-state index contributed by atoms with van der Waals surface area (Å²) in [5.74, 6) is 0.419. The lowest BCUT2D eigenvalue weighted by Gasteiger charge is -2.37. The second kappa shape index (κ2) is 6.63. The fourth-order valence-corrected chi connectivity index (χ4v) is 4.32. The number of rotatable bonds is 4. The van der Waals surface area contributed by atoms with E-state index in [4.69, 9.17) is 0 Å². The third kappa shape index (κ3) is 3.10. The van der Waals surface area contributed by atoms with E-state index in [1.54, 1.807) is 0 Å². The van der Waals surface area contributed by atoms with Crippen molar-refractivity contribution in [3.8, 4) is 0 Å². The van der Waals surface area contributed by atoms with Gasteiger partial charge >= 0.3 is 0 Å². The summed E-state index contributed by atoms with van der Waals surface area (Å²) in [6, 6.07) is 1.15. The summed E-state index contributed by atoms with van der Waals surface area (Å²) < 4.78 is 0. The van der Waals surface area contributed by atoms with E-state index in [9.17, 15) is 4.79 Å². The van der Waals surface area contributed by atoms with E-state index in [1.807, 2.05) is 0 Å². The number of nitrogens with zero attached hydrogens (tertiary/aromatic N) is 1. The van der Waals surface area contributed by atoms with Gasteiger partial charge in [-0.2, -0.15) is 0 Å². The van der Waals surface area contributed by atoms with Crippen LogP contribution in [0.5, 0.6) is 0 Å². The van der Waals surface area contributed by atoms with Crippen molar-refractivity contribution < 1.29 is 4.79 Å². The van der Waals surface area contributed by atoms with Crippen molar-refractivity contribution in [1.29, 1.82) is 0 Å². The zero-order chi connectivity index (χ0) is 14.8. The smallest absolute Gasteiger partial charge is 0.225 e. The Balaban J connectivity index is 1.60. The standard InChI is InChI=1S/C16H30N4O/c1-3-11-10-12(13(4-2)18-11)16(21)19-14-6-5-8-20-9-7-17-15(14)20/h11-15,17-18H,3-10H2,1-2H3,(H,19,21). The van der Waals surface area contributed by atoms with Crippen molar-refractivity contribution in [3.63, 3.8) is 0 Å². The summed E-state index contributed by atoms with van der Waals surface area (Å²) in [5.41, 5.74) is 0. The van der Waals surface area contributed by atoms with E-state index in [1.165, 1.54) is 13.0 Å². The summed E-state index contributed by atoms with van der Waals surface area (Å²) in [6.07, 6.45) is 5.80. The van der Waals surface area contributed by atoms with E-state index in [-0.39, 0.29) is 17.9 Å². The van der Waals surface area contributed by atoms with Crippen LogP contribution >= 0.6 is 0 Å². The maximum atomic E-state index is 12.7. The number of hydrogen-bond donors (Lipinski definition) is 3. The van der Waals surface area contributed by atoms with Gasteiger partial charge in [-0.05, 0) is 38.6 Å². The minimum absolute atomic E-state index is 0.150. The molecule has 3 saturated heterocycles. The molecule has 0 aromatic rings. The Labute approximate surface area is 128 Å². The van der Waals surface area contributed by atoms with Crippen molar-refractivity contribution in [2.24, 2.45) is 5.92 Å². The zero-order valence-corrected chi connectivity index (χ0v) is 13.4. The molecule has 5 heteroatoms. The first-order valence-electron chi connectivity index (χ1n) is 8.76. The average molecular weight is 294 g/mol. The molecular weight excluding hydrogens is 264 g/mol. The molecule has 1 amide bonds. The van der Waals surface area contributed by atoms with Crippen molar-refractivity contribution in [2.75, 3.05) is 19.6 Å². The summed E-state index contributed by atoms with van der Waals surface area (Å²) in [6.45, 7) is 7.72. The number of carbonyl (C=O) groups is 1. The highest BCUT2D eigenvalue weighted by Gasteiger charge is 2.40. The SMILES string of the molecule is CCC1CC(C(=O)NC2CCCN3CCNC23)C(CC)N1. The molecule has 3 aliphatic rings. The molecule has 120 valence electrons. The number of hydrogen-bond acceptors (Lipinski definition) is 4. The molecule has 0 saturated carbocycles. The summed E-state index contributed by atoms with van der Waals surface area (Å²) in [5, 5.41) is 10.5. The van der Waals surface area contributed by atoms with E-state index in [0.717, 1.165) is 38.8 Å². The molecule has 5 atom stereocenters. The van der Waals surface area contributed by atoms with Crippen LogP contribution in [0.4, 0.5) is 0 Å². The fraction of sp³-hybridized carbons (Fsp3) is 0.938. The lowest BCUT2D eigenvalue weighted by Crippen LogP contribution is -2.58. The maximum Gasteiger partial charge on any atom is 0.225 e. The highest BCUT2D eigenvalue weighted by Crippen LogP contribution is 2.26.